The molecule has 0 aliphatic carbocycles. The number of nitrogens with two attached hydrogens (primary N) is 1. The number of nitrogens with zero attached hydrogens (tertiary/aromatic N) is 1. The maximum absolute atomic E-state index is 11.5. The summed E-state index contributed by atoms with van der Waals surface area (Å²) >= 11 is 0. The van der Waals surface area contributed by atoms with Gasteiger partial charge in [0.15, 0.2) is 0 Å². The summed E-state index contributed by atoms with van der Waals surface area (Å²) in [7, 11) is 1.57. The van der Waals surface area contributed by atoms with Gasteiger partial charge in [-0.25, -0.2) is 0 Å². The molecule has 0 aromatic heterocycles. The fourth-order valence-electron chi connectivity index (χ4n) is 1.93. The van der Waals surface area contributed by atoms with Crippen molar-refractivity contribution in [3.63, 3.8) is 0 Å². The summed E-state index contributed by atoms with van der Waals surface area (Å²) in [6, 6.07) is 12.6. The van der Waals surface area contributed by atoms with Crippen LogP contribution in [0.4, 0.5) is 17.1 Å². The molecule has 2 rings (SSSR count). The van der Waals surface area contributed by atoms with Crippen molar-refractivity contribution < 1.29 is 4.79 Å². The van der Waals surface area contributed by atoms with E-state index in [1.807, 2.05) is 13.0 Å². The number of hydrogen-bond donors (Lipinski definition) is 3. The number of nitrogens with one attached hydrogen (secondary N) is 2. The molecule has 0 aliphatic heterocycles. The first-order chi connectivity index (χ1) is 10.0. The van der Waals surface area contributed by atoms with E-state index in [1.54, 1.807) is 37.4 Å². The summed E-state index contributed by atoms with van der Waals surface area (Å²) in [5.74, 6) is -0.184. The Morgan fingerprint density at radius 3 is 2.57 bits per heavy atom. The Labute approximate surface area is 123 Å². The van der Waals surface area contributed by atoms with Gasteiger partial charge < -0.3 is 16.4 Å². The summed E-state index contributed by atoms with van der Waals surface area (Å²) in [5.41, 5.74) is 10.0. The van der Waals surface area contributed by atoms with Gasteiger partial charge in [-0.3, -0.25) is 4.79 Å². The highest BCUT2D eigenvalue weighted by molar-refractivity contribution is 5.96. The molecule has 0 atom stereocenters. The van der Waals surface area contributed by atoms with E-state index in [1.165, 1.54) is 0 Å². The fraction of sp³-hybridized carbons (Fsp3) is 0.125. The van der Waals surface area contributed by atoms with E-state index in [0.717, 1.165) is 11.3 Å². The number of anilines is 3. The second-order valence-electron chi connectivity index (χ2n) is 4.65. The van der Waals surface area contributed by atoms with Crippen LogP contribution in [0.5, 0.6) is 0 Å². The Bertz CT molecular complexity index is 732. The first-order valence-corrected chi connectivity index (χ1v) is 6.44. The first-order valence-electron chi connectivity index (χ1n) is 6.44. The van der Waals surface area contributed by atoms with Crippen molar-refractivity contribution >= 4 is 23.0 Å². The molecular formula is C16H16N4O. The first kappa shape index (κ1) is 14.4. The zero-order chi connectivity index (χ0) is 15.4. The summed E-state index contributed by atoms with van der Waals surface area (Å²) in [5, 5.41) is 14.7. The van der Waals surface area contributed by atoms with Gasteiger partial charge in [0, 0.05) is 18.3 Å². The molecule has 1 amide bonds. The van der Waals surface area contributed by atoms with E-state index in [4.69, 9.17) is 11.0 Å². The van der Waals surface area contributed by atoms with E-state index in [-0.39, 0.29) is 5.91 Å². The Balaban J connectivity index is 2.32. The molecule has 21 heavy (non-hydrogen) atoms. The number of benzene rings is 2. The molecule has 0 aliphatic rings. The van der Waals surface area contributed by atoms with Crippen molar-refractivity contribution in [2.24, 2.45) is 0 Å². The second kappa shape index (κ2) is 5.97. The normalized spacial score (nSPS) is 9.76. The summed E-state index contributed by atoms with van der Waals surface area (Å²) < 4.78 is 0. The molecule has 5 nitrogen and oxygen atoms in total. The summed E-state index contributed by atoms with van der Waals surface area (Å²) in [6.45, 7) is 1.94. The lowest BCUT2D eigenvalue weighted by atomic mass is 10.1. The molecule has 0 radical (unpaired) electrons. The van der Waals surface area contributed by atoms with Gasteiger partial charge in [-0.05, 0) is 42.8 Å². The summed E-state index contributed by atoms with van der Waals surface area (Å²) in [4.78, 5) is 11.5. The van der Waals surface area contributed by atoms with E-state index in [0.29, 0.717) is 22.5 Å². The minimum absolute atomic E-state index is 0.184. The van der Waals surface area contributed by atoms with Gasteiger partial charge in [0.1, 0.15) is 0 Å². The smallest absolute Gasteiger partial charge is 0.251 e. The minimum atomic E-state index is -0.184. The molecule has 106 valence electrons. The van der Waals surface area contributed by atoms with Crippen LogP contribution in [0.1, 0.15) is 21.5 Å². The van der Waals surface area contributed by atoms with Gasteiger partial charge in [0.05, 0.1) is 23.0 Å². The average molecular weight is 280 g/mol. The van der Waals surface area contributed by atoms with Crippen molar-refractivity contribution in [2.75, 3.05) is 18.1 Å². The number of carbonyl (C=O) groups is 1. The predicted octanol–water partition coefficient (Wildman–Crippen LogP) is 2.55. The zero-order valence-electron chi connectivity index (χ0n) is 11.9. The highest BCUT2D eigenvalue weighted by Crippen LogP contribution is 2.26. The number of aryl methyl sites for hydroxylation is 1. The van der Waals surface area contributed by atoms with Crippen LogP contribution in [0.2, 0.25) is 0 Å². The fourth-order valence-corrected chi connectivity index (χ4v) is 1.93. The molecule has 0 unspecified atom stereocenters. The monoisotopic (exact) mass is 280 g/mol. The van der Waals surface area contributed by atoms with Crippen LogP contribution >= 0.6 is 0 Å². The van der Waals surface area contributed by atoms with E-state index >= 15 is 0 Å². The predicted molar refractivity (Wildman–Crippen MR) is 83.4 cm³/mol. The van der Waals surface area contributed by atoms with Crippen molar-refractivity contribution in [1.29, 1.82) is 5.26 Å². The van der Waals surface area contributed by atoms with Gasteiger partial charge in [-0.15, -0.1) is 0 Å². The van der Waals surface area contributed by atoms with Crippen LogP contribution in [0.3, 0.4) is 0 Å². The van der Waals surface area contributed by atoms with E-state index in [9.17, 15) is 4.79 Å². The number of carbonyl (C=O) groups excluding carboxylic acids is 1. The molecule has 5 heteroatoms. The van der Waals surface area contributed by atoms with Crippen LogP contribution in [0, 0.1) is 18.3 Å². The van der Waals surface area contributed by atoms with Gasteiger partial charge in [0.25, 0.3) is 5.91 Å². The van der Waals surface area contributed by atoms with Gasteiger partial charge in [-0.1, -0.05) is 6.07 Å². The molecule has 0 saturated heterocycles. The zero-order valence-corrected chi connectivity index (χ0v) is 11.9. The van der Waals surface area contributed by atoms with Gasteiger partial charge in [0.2, 0.25) is 0 Å². The van der Waals surface area contributed by atoms with Crippen molar-refractivity contribution in [3.05, 3.63) is 53.1 Å². The Morgan fingerprint density at radius 1 is 1.19 bits per heavy atom. The lowest BCUT2D eigenvalue weighted by molar-refractivity contribution is 0.0963. The Morgan fingerprint density at radius 2 is 1.95 bits per heavy atom. The lowest BCUT2D eigenvalue weighted by Gasteiger charge is -2.13. The van der Waals surface area contributed by atoms with Crippen LogP contribution in [0.15, 0.2) is 36.4 Å². The molecular weight excluding hydrogens is 264 g/mol. The SMILES string of the molecule is CNC(=O)c1ccc(Nc2cc(C#N)ccc2C)c(N)c1. The third kappa shape index (κ3) is 3.12. The number of rotatable bonds is 3. The molecule has 4 N–H and O–H groups in total. The standard InChI is InChI=1S/C16H16N4O/c1-10-3-4-11(9-17)7-15(10)20-14-6-5-12(8-13(14)18)16(21)19-2/h3-8,20H,18H2,1-2H3,(H,19,21). The molecule has 0 fully saturated rings. The molecule has 0 bridgehead atoms. The Kier molecular flexibility index (Phi) is 4.10. The quantitative estimate of drug-likeness (QED) is 0.753. The molecule has 0 spiro atoms. The topological polar surface area (TPSA) is 90.9 Å². The maximum atomic E-state index is 11.5. The van der Waals surface area contributed by atoms with Crippen LogP contribution < -0.4 is 16.4 Å². The second-order valence-corrected chi connectivity index (χ2v) is 4.65. The number of hydrogen-bond acceptors (Lipinski definition) is 4. The molecule has 2 aromatic carbocycles. The third-order valence-corrected chi connectivity index (χ3v) is 3.18. The Hall–Kier alpha value is -3.00. The highest BCUT2D eigenvalue weighted by Gasteiger charge is 2.08. The van der Waals surface area contributed by atoms with Crippen molar-refractivity contribution in [2.45, 2.75) is 6.92 Å². The van der Waals surface area contributed by atoms with Crippen LogP contribution in [-0.4, -0.2) is 13.0 Å². The lowest BCUT2D eigenvalue weighted by Crippen LogP contribution is -2.18. The molecule has 0 heterocycles. The van der Waals surface area contributed by atoms with E-state index in [2.05, 4.69) is 16.7 Å². The van der Waals surface area contributed by atoms with E-state index < -0.39 is 0 Å². The minimum Gasteiger partial charge on any atom is -0.397 e. The maximum Gasteiger partial charge on any atom is 0.251 e. The number of nitriles is 1. The largest absolute Gasteiger partial charge is 0.397 e. The van der Waals surface area contributed by atoms with Crippen LogP contribution in [-0.2, 0) is 0 Å². The van der Waals surface area contributed by atoms with Gasteiger partial charge in [-0.2, -0.15) is 5.26 Å². The molecule has 0 saturated carbocycles. The molecule has 2 aromatic rings. The number of nitrogen functional groups attached to an aromatic ring is 1. The van der Waals surface area contributed by atoms with Crippen molar-refractivity contribution in [1.82, 2.24) is 5.32 Å². The van der Waals surface area contributed by atoms with Crippen molar-refractivity contribution in [3.8, 4) is 6.07 Å². The summed E-state index contributed by atoms with van der Waals surface area (Å²) in [6.07, 6.45) is 0. The highest BCUT2D eigenvalue weighted by atomic mass is 16.1. The average Bonchev–Trinajstić information content (AvgIpc) is 2.50. The van der Waals surface area contributed by atoms with Crippen LogP contribution in [0.25, 0.3) is 0 Å². The van der Waals surface area contributed by atoms with Gasteiger partial charge >= 0.3 is 0 Å². The third-order valence-electron chi connectivity index (χ3n) is 3.18. The number of amides is 1.